The third-order valence-electron chi connectivity index (χ3n) is 1.18. The van der Waals surface area contributed by atoms with E-state index in [0.717, 1.165) is 0 Å². The number of thioether (sulfide) groups is 1. The number of ether oxygens (including phenoxy) is 1. The Labute approximate surface area is 80.3 Å². The number of hydrazine groups is 1. The molecule has 1 aromatic rings. The highest BCUT2D eigenvalue weighted by Crippen LogP contribution is 2.13. The fraction of sp³-hybridized carbons (Fsp3) is 0.500. The first-order valence-electron chi connectivity index (χ1n) is 3.69. The van der Waals surface area contributed by atoms with Crippen LogP contribution in [0.15, 0.2) is 5.16 Å². The molecule has 6 nitrogen and oxygen atoms in total. The Morgan fingerprint density at radius 1 is 1.46 bits per heavy atom. The van der Waals surface area contributed by atoms with Crippen LogP contribution in [0.2, 0.25) is 0 Å². The summed E-state index contributed by atoms with van der Waals surface area (Å²) in [6, 6.07) is 0.287. The van der Waals surface area contributed by atoms with Gasteiger partial charge in [-0.2, -0.15) is 15.0 Å². The van der Waals surface area contributed by atoms with Gasteiger partial charge in [-0.25, -0.2) is 5.84 Å². The minimum absolute atomic E-state index is 0.287. The molecule has 1 heterocycles. The number of aromatic nitrogens is 3. The minimum Gasteiger partial charge on any atom is -0.464 e. The minimum atomic E-state index is 0.287. The summed E-state index contributed by atoms with van der Waals surface area (Å²) in [7, 11) is 0. The molecule has 1 aromatic heterocycles. The predicted molar refractivity (Wildman–Crippen MR) is 50.6 cm³/mol. The molecule has 0 unspecified atom stereocenters. The maximum absolute atomic E-state index is 5.17. The number of nitrogens with two attached hydrogens (primary N) is 1. The molecule has 0 radical (unpaired) electrons. The van der Waals surface area contributed by atoms with Gasteiger partial charge in [0.15, 0.2) is 5.16 Å². The Kier molecular flexibility index (Phi) is 3.71. The van der Waals surface area contributed by atoms with Crippen LogP contribution in [0.25, 0.3) is 0 Å². The van der Waals surface area contributed by atoms with E-state index in [1.807, 2.05) is 13.2 Å². The highest BCUT2D eigenvalue weighted by Gasteiger charge is 2.04. The summed E-state index contributed by atoms with van der Waals surface area (Å²) in [6.45, 7) is 2.37. The van der Waals surface area contributed by atoms with Crippen LogP contribution in [0.1, 0.15) is 6.92 Å². The number of rotatable bonds is 4. The Balaban J connectivity index is 2.93. The first kappa shape index (κ1) is 10.0. The first-order chi connectivity index (χ1) is 6.30. The molecule has 0 saturated carbocycles. The number of anilines is 1. The van der Waals surface area contributed by atoms with Crippen LogP contribution in [0.3, 0.4) is 0 Å². The number of nitrogen functional groups attached to an aromatic ring is 1. The molecule has 72 valence electrons. The zero-order valence-electron chi connectivity index (χ0n) is 7.44. The van der Waals surface area contributed by atoms with Crippen molar-refractivity contribution in [3.8, 4) is 6.01 Å². The molecule has 0 aromatic carbocycles. The van der Waals surface area contributed by atoms with Crippen LogP contribution >= 0.6 is 11.8 Å². The Hall–Kier alpha value is -1.08. The smallest absolute Gasteiger partial charge is 0.322 e. The number of nitrogens with zero attached hydrogens (tertiary/aromatic N) is 3. The van der Waals surface area contributed by atoms with Gasteiger partial charge in [0.2, 0.25) is 5.95 Å². The zero-order valence-corrected chi connectivity index (χ0v) is 8.26. The number of hydrogen-bond donors (Lipinski definition) is 2. The van der Waals surface area contributed by atoms with E-state index in [1.165, 1.54) is 11.8 Å². The summed E-state index contributed by atoms with van der Waals surface area (Å²) in [5.41, 5.74) is 2.34. The SMILES string of the molecule is CCOc1nc(NN)nc(SC)n1. The summed E-state index contributed by atoms with van der Waals surface area (Å²) in [4.78, 5) is 11.9. The Morgan fingerprint density at radius 2 is 2.23 bits per heavy atom. The summed E-state index contributed by atoms with van der Waals surface area (Å²) >= 11 is 1.40. The van der Waals surface area contributed by atoms with E-state index in [2.05, 4.69) is 20.4 Å². The van der Waals surface area contributed by atoms with Gasteiger partial charge in [0, 0.05) is 0 Å². The summed E-state index contributed by atoms with van der Waals surface area (Å²) < 4.78 is 5.12. The van der Waals surface area contributed by atoms with Crippen LogP contribution in [-0.4, -0.2) is 27.8 Å². The molecule has 3 N–H and O–H groups in total. The fourth-order valence-corrected chi connectivity index (χ4v) is 1.03. The second kappa shape index (κ2) is 4.83. The Morgan fingerprint density at radius 3 is 2.77 bits per heavy atom. The van der Waals surface area contributed by atoms with Crippen LogP contribution in [-0.2, 0) is 0 Å². The van der Waals surface area contributed by atoms with Crippen molar-refractivity contribution >= 4 is 17.7 Å². The van der Waals surface area contributed by atoms with Crippen LogP contribution in [0.5, 0.6) is 6.01 Å². The first-order valence-corrected chi connectivity index (χ1v) is 4.92. The third kappa shape index (κ3) is 2.71. The fourth-order valence-electron chi connectivity index (χ4n) is 0.687. The highest BCUT2D eigenvalue weighted by atomic mass is 32.2. The highest BCUT2D eigenvalue weighted by molar-refractivity contribution is 7.98. The van der Waals surface area contributed by atoms with E-state index >= 15 is 0 Å². The molecule has 0 aliphatic carbocycles. The molecule has 0 fully saturated rings. The molecule has 1 rings (SSSR count). The van der Waals surface area contributed by atoms with Crippen molar-refractivity contribution in [1.29, 1.82) is 0 Å². The summed E-state index contributed by atoms with van der Waals surface area (Å²) in [5.74, 6) is 5.48. The van der Waals surface area contributed by atoms with Gasteiger partial charge < -0.3 is 4.74 Å². The predicted octanol–water partition coefficient (Wildman–Crippen LogP) is 0.278. The lowest BCUT2D eigenvalue weighted by molar-refractivity contribution is 0.308. The average molecular weight is 201 g/mol. The number of hydrogen-bond acceptors (Lipinski definition) is 7. The lowest BCUT2D eigenvalue weighted by atomic mass is 10.8. The maximum atomic E-state index is 5.17. The standard InChI is InChI=1S/C6H11N5OS/c1-3-12-5-8-4(11-7)9-6(10-5)13-2/h3,7H2,1-2H3,(H,8,9,10,11). The van der Waals surface area contributed by atoms with E-state index < -0.39 is 0 Å². The van der Waals surface area contributed by atoms with E-state index in [-0.39, 0.29) is 6.01 Å². The summed E-state index contributed by atoms with van der Waals surface area (Å²) in [6.07, 6.45) is 1.87. The number of nitrogens with one attached hydrogen (secondary N) is 1. The van der Waals surface area contributed by atoms with Crippen LogP contribution < -0.4 is 16.0 Å². The normalized spacial score (nSPS) is 9.77. The van der Waals surface area contributed by atoms with Gasteiger partial charge in [-0.15, -0.1) is 0 Å². The molecule has 0 saturated heterocycles. The molecule has 7 heteroatoms. The molecule has 0 amide bonds. The van der Waals surface area contributed by atoms with Gasteiger partial charge in [0.25, 0.3) is 0 Å². The van der Waals surface area contributed by atoms with Crippen LogP contribution in [0, 0.1) is 0 Å². The molecule has 0 bridgehead atoms. The van der Waals surface area contributed by atoms with Gasteiger partial charge in [-0.3, -0.25) is 5.43 Å². The average Bonchev–Trinajstić information content (AvgIpc) is 2.17. The molecule has 0 aliphatic heterocycles. The van der Waals surface area contributed by atoms with Gasteiger partial charge in [0.1, 0.15) is 0 Å². The van der Waals surface area contributed by atoms with Gasteiger partial charge in [-0.05, 0) is 13.2 Å². The van der Waals surface area contributed by atoms with Gasteiger partial charge in [0.05, 0.1) is 6.61 Å². The van der Waals surface area contributed by atoms with Gasteiger partial charge >= 0.3 is 6.01 Å². The van der Waals surface area contributed by atoms with Crippen molar-refractivity contribution in [2.75, 3.05) is 18.3 Å². The third-order valence-corrected chi connectivity index (χ3v) is 1.73. The van der Waals surface area contributed by atoms with E-state index in [0.29, 0.717) is 17.7 Å². The molecular weight excluding hydrogens is 190 g/mol. The topological polar surface area (TPSA) is 86.0 Å². The van der Waals surface area contributed by atoms with E-state index in [9.17, 15) is 0 Å². The molecule has 0 aliphatic rings. The quantitative estimate of drug-likeness (QED) is 0.411. The van der Waals surface area contributed by atoms with Crippen molar-refractivity contribution in [2.45, 2.75) is 12.1 Å². The maximum Gasteiger partial charge on any atom is 0.322 e. The Bertz CT molecular complexity index is 259. The monoisotopic (exact) mass is 201 g/mol. The van der Waals surface area contributed by atoms with Crippen molar-refractivity contribution in [2.24, 2.45) is 5.84 Å². The lowest BCUT2D eigenvalue weighted by Gasteiger charge is -2.04. The van der Waals surface area contributed by atoms with Crippen molar-refractivity contribution in [1.82, 2.24) is 15.0 Å². The van der Waals surface area contributed by atoms with Crippen molar-refractivity contribution in [3.63, 3.8) is 0 Å². The van der Waals surface area contributed by atoms with Crippen molar-refractivity contribution in [3.05, 3.63) is 0 Å². The second-order valence-electron chi connectivity index (χ2n) is 2.01. The van der Waals surface area contributed by atoms with E-state index in [4.69, 9.17) is 10.6 Å². The lowest BCUT2D eigenvalue weighted by Crippen LogP contribution is -2.12. The molecule has 0 spiro atoms. The van der Waals surface area contributed by atoms with E-state index in [1.54, 1.807) is 0 Å². The van der Waals surface area contributed by atoms with Gasteiger partial charge in [-0.1, -0.05) is 11.8 Å². The summed E-state index contributed by atoms with van der Waals surface area (Å²) in [5, 5.41) is 0.575. The molecule has 0 atom stereocenters. The van der Waals surface area contributed by atoms with Crippen LogP contribution in [0.4, 0.5) is 5.95 Å². The van der Waals surface area contributed by atoms with Crippen molar-refractivity contribution < 1.29 is 4.74 Å². The second-order valence-corrected chi connectivity index (χ2v) is 2.78. The largest absolute Gasteiger partial charge is 0.464 e. The molecular formula is C6H11N5OS. The zero-order chi connectivity index (χ0) is 9.68. The molecule has 13 heavy (non-hydrogen) atoms.